The first-order chi connectivity index (χ1) is 15.3. The Morgan fingerprint density at radius 2 is 1.97 bits per heavy atom. The van der Waals surface area contributed by atoms with Gasteiger partial charge in [-0.1, -0.05) is 29.8 Å². The fourth-order valence-electron chi connectivity index (χ4n) is 3.11. The first kappa shape index (κ1) is 23.6. The molecule has 0 aromatic heterocycles. The highest BCUT2D eigenvalue weighted by molar-refractivity contribution is 14.1. The summed E-state index contributed by atoms with van der Waals surface area (Å²) >= 11 is 2.14. The van der Waals surface area contributed by atoms with Crippen LogP contribution in [0.25, 0.3) is 6.08 Å². The Kier molecular flexibility index (Phi) is 7.73. The van der Waals surface area contributed by atoms with Gasteiger partial charge in [0, 0.05) is 0 Å². The van der Waals surface area contributed by atoms with Crippen LogP contribution in [0, 0.1) is 10.5 Å². The summed E-state index contributed by atoms with van der Waals surface area (Å²) in [6.45, 7) is 4.25. The molecule has 9 heteroatoms. The molecule has 1 fully saturated rings. The van der Waals surface area contributed by atoms with E-state index in [9.17, 15) is 14.4 Å². The number of ether oxygens (including phenoxy) is 3. The van der Waals surface area contributed by atoms with E-state index < -0.39 is 24.5 Å². The number of hydrogen-bond acceptors (Lipinski definition) is 6. The van der Waals surface area contributed by atoms with Crippen LogP contribution in [0.15, 0.2) is 42.1 Å². The largest absolute Gasteiger partial charge is 0.490 e. The monoisotopic (exact) mass is 550 g/mol. The van der Waals surface area contributed by atoms with Crippen molar-refractivity contribution in [3.05, 3.63) is 62.4 Å². The number of methoxy groups -OCH3 is 1. The van der Waals surface area contributed by atoms with Crippen LogP contribution < -0.4 is 14.8 Å². The van der Waals surface area contributed by atoms with Gasteiger partial charge in [-0.15, -0.1) is 0 Å². The molecule has 8 nitrogen and oxygen atoms in total. The van der Waals surface area contributed by atoms with Gasteiger partial charge in [0.1, 0.15) is 18.8 Å². The minimum Gasteiger partial charge on any atom is -0.490 e. The molecule has 0 saturated carbocycles. The van der Waals surface area contributed by atoms with E-state index in [1.165, 1.54) is 13.2 Å². The lowest BCUT2D eigenvalue weighted by Gasteiger charge is -2.15. The average Bonchev–Trinajstić information content (AvgIpc) is 3.00. The lowest BCUT2D eigenvalue weighted by atomic mass is 10.1. The third kappa shape index (κ3) is 5.58. The van der Waals surface area contributed by atoms with Crippen molar-refractivity contribution in [2.45, 2.75) is 20.5 Å². The molecule has 0 radical (unpaired) electrons. The minimum absolute atomic E-state index is 0.0607. The molecule has 2 aromatic rings. The molecule has 32 heavy (non-hydrogen) atoms. The van der Waals surface area contributed by atoms with E-state index in [2.05, 4.69) is 38.7 Å². The third-order valence-electron chi connectivity index (χ3n) is 4.59. The molecule has 2 aromatic carbocycles. The van der Waals surface area contributed by atoms with E-state index in [0.717, 1.165) is 19.6 Å². The van der Waals surface area contributed by atoms with Gasteiger partial charge in [-0.3, -0.25) is 9.59 Å². The van der Waals surface area contributed by atoms with Gasteiger partial charge in [0.15, 0.2) is 11.5 Å². The molecule has 0 unspecified atom stereocenters. The molecular formula is C23H23IN2O6. The van der Waals surface area contributed by atoms with Gasteiger partial charge in [-0.25, -0.2) is 9.69 Å². The number of imide groups is 1. The van der Waals surface area contributed by atoms with Crippen LogP contribution in [-0.2, 0) is 20.9 Å². The Labute approximate surface area is 199 Å². The topological polar surface area (TPSA) is 94.2 Å². The van der Waals surface area contributed by atoms with Crippen molar-refractivity contribution in [3.63, 3.8) is 0 Å². The van der Waals surface area contributed by atoms with E-state index >= 15 is 0 Å². The van der Waals surface area contributed by atoms with Crippen LogP contribution in [-0.4, -0.2) is 43.1 Å². The molecule has 3 rings (SSSR count). The Morgan fingerprint density at radius 1 is 1.19 bits per heavy atom. The Hall–Kier alpha value is -3.08. The number of benzene rings is 2. The van der Waals surface area contributed by atoms with E-state index in [-0.39, 0.29) is 5.70 Å². The van der Waals surface area contributed by atoms with Crippen molar-refractivity contribution in [2.75, 3.05) is 20.3 Å². The lowest BCUT2D eigenvalue weighted by molar-refractivity contribution is -0.143. The predicted molar refractivity (Wildman–Crippen MR) is 126 cm³/mol. The number of esters is 1. The average molecular weight is 550 g/mol. The van der Waals surface area contributed by atoms with Gasteiger partial charge in [0.2, 0.25) is 0 Å². The zero-order valence-electron chi connectivity index (χ0n) is 17.9. The van der Waals surface area contributed by atoms with Gasteiger partial charge in [0.25, 0.3) is 5.91 Å². The summed E-state index contributed by atoms with van der Waals surface area (Å²) in [4.78, 5) is 36.9. The highest BCUT2D eigenvalue weighted by atomic mass is 127. The maximum Gasteiger partial charge on any atom is 0.329 e. The van der Waals surface area contributed by atoms with Crippen LogP contribution >= 0.6 is 22.6 Å². The molecule has 0 spiro atoms. The zero-order valence-corrected chi connectivity index (χ0v) is 20.1. The van der Waals surface area contributed by atoms with E-state index in [4.69, 9.17) is 9.47 Å². The number of hydrogen-bond donors (Lipinski definition) is 1. The highest BCUT2D eigenvalue weighted by Gasteiger charge is 2.35. The Bertz CT molecular complexity index is 1080. The van der Waals surface area contributed by atoms with Crippen LogP contribution in [0.5, 0.6) is 11.5 Å². The van der Waals surface area contributed by atoms with Crippen LogP contribution in [0.4, 0.5) is 4.79 Å². The van der Waals surface area contributed by atoms with Gasteiger partial charge in [0.05, 0.1) is 17.3 Å². The van der Waals surface area contributed by atoms with E-state index in [1.807, 2.05) is 38.1 Å². The number of carbonyl (C=O) groups excluding carboxylic acids is 3. The first-order valence-electron chi connectivity index (χ1n) is 9.88. The van der Waals surface area contributed by atoms with Crippen molar-refractivity contribution < 1.29 is 28.6 Å². The summed E-state index contributed by atoms with van der Waals surface area (Å²) in [6, 6.07) is 10.9. The first-order valence-corrected chi connectivity index (χ1v) is 11.0. The molecule has 0 atom stereocenters. The second-order valence-corrected chi connectivity index (χ2v) is 8.16. The zero-order chi connectivity index (χ0) is 23.3. The minimum atomic E-state index is -0.682. The summed E-state index contributed by atoms with van der Waals surface area (Å²) in [5, 5.41) is 2.49. The van der Waals surface area contributed by atoms with Crippen molar-refractivity contribution in [2.24, 2.45) is 0 Å². The summed E-state index contributed by atoms with van der Waals surface area (Å²) < 4.78 is 17.1. The van der Waals surface area contributed by atoms with Crippen molar-refractivity contribution >= 4 is 46.6 Å². The van der Waals surface area contributed by atoms with Gasteiger partial charge < -0.3 is 19.5 Å². The van der Waals surface area contributed by atoms with E-state index in [1.54, 1.807) is 6.07 Å². The summed E-state index contributed by atoms with van der Waals surface area (Å²) in [6.07, 6.45) is 1.53. The molecule has 0 bridgehead atoms. The second-order valence-electron chi connectivity index (χ2n) is 7.00. The number of aryl methyl sites for hydroxylation is 1. The maximum atomic E-state index is 12.5. The highest BCUT2D eigenvalue weighted by Crippen LogP contribution is 2.35. The Morgan fingerprint density at radius 3 is 2.66 bits per heavy atom. The number of nitrogens with zero attached hydrogens (tertiary/aromatic N) is 1. The Balaban J connectivity index is 1.84. The summed E-state index contributed by atoms with van der Waals surface area (Å²) in [7, 11) is 1.19. The maximum absolute atomic E-state index is 12.5. The van der Waals surface area contributed by atoms with Gasteiger partial charge in [-0.2, -0.15) is 0 Å². The number of nitrogens with one attached hydrogen (secondary N) is 1. The second kappa shape index (κ2) is 10.5. The van der Waals surface area contributed by atoms with Crippen LogP contribution in [0.3, 0.4) is 0 Å². The SMILES string of the molecule is CCOc1cc(/C=C2/NC(=O)N(CC(=O)OC)C2=O)cc(I)c1OCc1cccc(C)c1. The molecule has 1 N–H and O–H groups in total. The third-order valence-corrected chi connectivity index (χ3v) is 5.39. The molecule has 1 heterocycles. The number of halogens is 1. The molecule has 1 aliphatic heterocycles. The van der Waals surface area contributed by atoms with Crippen molar-refractivity contribution in [1.82, 2.24) is 10.2 Å². The number of urea groups is 1. The van der Waals surface area contributed by atoms with Crippen molar-refractivity contribution in [1.29, 1.82) is 0 Å². The normalized spacial score (nSPS) is 14.5. The molecule has 3 amide bonds. The fraction of sp³-hybridized carbons (Fsp3) is 0.261. The van der Waals surface area contributed by atoms with Crippen molar-refractivity contribution in [3.8, 4) is 11.5 Å². The smallest absolute Gasteiger partial charge is 0.329 e. The van der Waals surface area contributed by atoms with Crippen LogP contribution in [0.1, 0.15) is 23.6 Å². The molecule has 1 saturated heterocycles. The van der Waals surface area contributed by atoms with E-state index in [0.29, 0.717) is 30.3 Å². The quantitative estimate of drug-likeness (QED) is 0.234. The molecule has 168 valence electrons. The fourth-order valence-corrected chi connectivity index (χ4v) is 3.89. The number of amides is 3. The predicted octanol–water partition coefficient (Wildman–Crippen LogP) is 3.64. The van der Waals surface area contributed by atoms with Crippen LogP contribution in [0.2, 0.25) is 0 Å². The molecule has 1 aliphatic rings. The standard InChI is InChI=1S/C23H23IN2O6/c1-4-31-19-11-16(10-18-22(28)26(23(29)25-18)12-20(27)30-3)9-17(24)21(19)32-13-15-7-5-6-14(2)8-15/h5-11H,4,12-13H2,1-3H3,(H,25,29)/b18-10+. The number of carbonyl (C=O) groups is 3. The van der Waals surface area contributed by atoms with Gasteiger partial charge in [-0.05, 0) is 65.8 Å². The number of rotatable bonds is 8. The summed E-state index contributed by atoms with van der Waals surface area (Å²) in [5.41, 5.74) is 2.90. The molecular weight excluding hydrogens is 527 g/mol. The lowest BCUT2D eigenvalue weighted by Crippen LogP contribution is -2.36. The molecule has 0 aliphatic carbocycles. The summed E-state index contributed by atoms with van der Waals surface area (Å²) in [5.74, 6) is -0.154. The van der Waals surface area contributed by atoms with Gasteiger partial charge >= 0.3 is 12.0 Å².